The Morgan fingerprint density at radius 3 is 2.25 bits per heavy atom. The first-order valence-corrected chi connectivity index (χ1v) is 5.35. The number of benzene rings is 1. The summed E-state index contributed by atoms with van der Waals surface area (Å²) in [5.41, 5.74) is 0.730. The van der Waals surface area contributed by atoms with Crippen LogP contribution in [0.1, 0.15) is 6.42 Å². The molecular formula is C13H15NO2. The highest BCUT2D eigenvalue weighted by Gasteiger charge is 2.37. The molecule has 2 aliphatic rings. The zero-order valence-electron chi connectivity index (χ0n) is 9.13. The van der Waals surface area contributed by atoms with E-state index < -0.39 is 0 Å². The van der Waals surface area contributed by atoms with Crippen molar-refractivity contribution in [2.75, 3.05) is 13.3 Å². The van der Waals surface area contributed by atoms with Crippen LogP contribution in [0.4, 0.5) is 0 Å². The highest BCUT2D eigenvalue weighted by molar-refractivity contribution is 5.95. The molecule has 1 unspecified atom stereocenters. The Morgan fingerprint density at radius 2 is 1.75 bits per heavy atom. The van der Waals surface area contributed by atoms with Crippen LogP contribution in [0, 0.1) is 0 Å². The Balaban J connectivity index is 0.000000138. The fourth-order valence-electron chi connectivity index (χ4n) is 1.84. The monoisotopic (exact) mass is 217 g/mol. The molecule has 0 radical (unpaired) electrons. The Morgan fingerprint density at radius 1 is 1.19 bits per heavy atom. The molecule has 0 saturated carbocycles. The normalized spacial score (nSPS) is 22.8. The van der Waals surface area contributed by atoms with Gasteiger partial charge in [-0.15, -0.1) is 0 Å². The average molecular weight is 217 g/mol. The first-order valence-electron chi connectivity index (χ1n) is 5.35. The first-order chi connectivity index (χ1) is 7.79. The summed E-state index contributed by atoms with van der Waals surface area (Å²) in [6.07, 6.45) is 0.791. The second kappa shape index (κ2) is 4.94. The van der Waals surface area contributed by atoms with Crippen molar-refractivity contribution in [1.82, 2.24) is 4.90 Å². The molecule has 2 fully saturated rings. The molecule has 1 atom stereocenters. The summed E-state index contributed by atoms with van der Waals surface area (Å²) >= 11 is 0. The summed E-state index contributed by atoms with van der Waals surface area (Å²) in [5.74, 6) is 0.0718. The Hall–Kier alpha value is -1.61. The number of amides is 1. The molecule has 1 aromatic carbocycles. The van der Waals surface area contributed by atoms with Gasteiger partial charge in [0.1, 0.15) is 6.73 Å². The van der Waals surface area contributed by atoms with Gasteiger partial charge in [-0.2, -0.15) is 0 Å². The molecule has 3 rings (SSSR count). The van der Waals surface area contributed by atoms with Crippen LogP contribution in [0.25, 0.3) is 0 Å². The van der Waals surface area contributed by atoms with Gasteiger partial charge in [0.25, 0.3) is 5.91 Å². The van der Waals surface area contributed by atoms with E-state index in [1.54, 1.807) is 4.90 Å². The van der Waals surface area contributed by atoms with Crippen LogP contribution in [0.5, 0.6) is 0 Å². The lowest BCUT2D eigenvalue weighted by Gasteiger charge is -2.09. The van der Waals surface area contributed by atoms with E-state index in [0.717, 1.165) is 12.0 Å². The van der Waals surface area contributed by atoms with Gasteiger partial charge < -0.3 is 9.64 Å². The van der Waals surface area contributed by atoms with Gasteiger partial charge in [-0.25, -0.2) is 0 Å². The number of carbonyl (C=O) groups is 1. The lowest BCUT2D eigenvalue weighted by Crippen LogP contribution is -2.27. The van der Waals surface area contributed by atoms with Crippen LogP contribution in [-0.4, -0.2) is 30.2 Å². The molecule has 0 aliphatic carbocycles. The van der Waals surface area contributed by atoms with Crippen LogP contribution in [0.2, 0.25) is 0 Å². The molecule has 3 heteroatoms. The largest absolute Gasteiger partial charge is 0.359 e. The smallest absolute Gasteiger partial charge is 0.251 e. The van der Waals surface area contributed by atoms with E-state index in [0.29, 0.717) is 19.4 Å². The quantitative estimate of drug-likeness (QED) is 0.620. The summed E-state index contributed by atoms with van der Waals surface area (Å²) in [6.45, 7) is 4.82. The fourth-order valence-corrected chi connectivity index (χ4v) is 1.84. The number of fused-ring (bicyclic) bond motifs is 1. The number of hydrogen-bond donors (Lipinski definition) is 0. The standard InChI is InChI=1S/C7H9NO2.C6H6/c1-5-2-6-3-10-4-8(6)7(5)9;1-2-4-6-5-3-1/h6H,1-4H2;1-6H. The van der Waals surface area contributed by atoms with Crippen LogP contribution in [0.3, 0.4) is 0 Å². The Bertz CT molecular complexity index is 348. The minimum absolute atomic E-state index is 0.0718. The van der Waals surface area contributed by atoms with Crippen LogP contribution >= 0.6 is 0 Å². The molecule has 2 saturated heterocycles. The summed E-state index contributed by atoms with van der Waals surface area (Å²) < 4.78 is 5.09. The van der Waals surface area contributed by atoms with E-state index in [-0.39, 0.29) is 5.91 Å². The van der Waals surface area contributed by atoms with Crippen molar-refractivity contribution in [1.29, 1.82) is 0 Å². The second-order valence-electron chi connectivity index (χ2n) is 3.89. The summed E-state index contributed by atoms with van der Waals surface area (Å²) in [7, 11) is 0. The van der Waals surface area contributed by atoms with Crippen molar-refractivity contribution in [2.24, 2.45) is 0 Å². The molecular weight excluding hydrogens is 202 g/mol. The van der Waals surface area contributed by atoms with Crippen molar-refractivity contribution < 1.29 is 9.53 Å². The molecule has 1 amide bonds. The topological polar surface area (TPSA) is 29.5 Å². The average Bonchev–Trinajstić information content (AvgIpc) is 2.88. The third kappa shape index (κ3) is 2.31. The van der Waals surface area contributed by atoms with Gasteiger partial charge in [-0.1, -0.05) is 43.0 Å². The van der Waals surface area contributed by atoms with Gasteiger partial charge in [0.15, 0.2) is 0 Å². The zero-order chi connectivity index (χ0) is 11.4. The minimum Gasteiger partial charge on any atom is -0.359 e. The van der Waals surface area contributed by atoms with Gasteiger partial charge >= 0.3 is 0 Å². The predicted octanol–water partition coefficient (Wildman–Crippen LogP) is 1.82. The van der Waals surface area contributed by atoms with E-state index in [2.05, 4.69) is 6.58 Å². The van der Waals surface area contributed by atoms with Gasteiger partial charge in [0, 0.05) is 12.0 Å². The van der Waals surface area contributed by atoms with Crippen LogP contribution in [-0.2, 0) is 9.53 Å². The molecule has 0 aromatic heterocycles. The molecule has 0 spiro atoms. The van der Waals surface area contributed by atoms with E-state index in [9.17, 15) is 4.79 Å². The lowest BCUT2D eigenvalue weighted by atomic mass is 10.2. The molecule has 16 heavy (non-hydrogen) atoms. The minimum atomic E-state index is 0.0718. The number of hydrogen-bond acceptors (Lipinski definition) is 2. The van der Waals surface area contributed by atoms with Crippen molar-refractivity contribution in [3.05, 3.63) is 48.6 Å². The maximum Gasteiger partial charge on any atom is 0.251 e. The molecule has 3 nitrogen and oxygen atoms in total. The second-order valence-corrected chi connectivity index (χ2v) is 3.89. The first kappa shape index (κ1) is 10.9. The highest BCUT2D eigenvalue weighted by atomic mass is 16.5. The number of rotatable bonds is 0. The van der Waals surface area contributed by atoms with E-state index in [1.165, 1.54) is 0 Å². The fraction of sp³-hybridized carbons (Fsp3) is 0.308. The summed E-state index contributed by atoms with van der Waals surface area (Å²) in [5, 5.41) is 0. The molecule has 0 N–H and O–H groups in total. The maximum absolute atomic E-state index is 11.1. The van der Waals surface area contributed by atoms with Crippen LogP contribution < -0.4 is 0 Å². The molecule has 2 aliphatic heterocycles. The van der Waals surface area contributed by atoms with Crippen molar-refractivity contribution in [2.45, 2.75) is 12.5 Å². The van der Waals surface area contributed by atoms with Gasteiger partial charge in [-0.05, 0) is 0 Å². The SMILES string of the molecule is C=C1CC2COCN2C1=O.c1ccccc1. The van der Waals surface area contributed by atoms with E-state index in [4.69, 9.17) is 4.74 Å². The highest BCUT2D eigenvalue weighted by Crippen LogP contribution is 2.26. The Kier molecular flexibility index (Phi) is 3.37. The zero-order valence-corrected chi connectivity index (χ0v) is 9.13. The summed E-state index contributed by atoms with van der Waals surface area (Å²) in [4.78, 5) is 12.9. The summed E-state index contributed by atoms with van der Waals surface area (Å²) in [6, 6.07) is 12.3. The third-order valence-electron chi connectivity index (χ3n) is 2.69. The number of carbonyl (C=O) groups excluding carboxylic acids is 1. The lowest BCUT2D eigenvalue weighted by molar-refractivity contribution is -0.126. The van der Waals surface area contributed by atoms with Crippen molar-refractivity contribution in [3.63, 3.8) is 0 Å². The number of nitrogens with zero attached hydrogens (tertiary/aromatic N) is 1. The van der Waals surface area contributed by atoms with Crippen molar-refractivity contribution >= 4 is 5.91 Å². The molecule has 1 aromatic rings. The molecule has 2 heterocycles. The van der Waals surface area contributed by atoms with Crippen LogP contribution in [0.15, 0.2) is 48.6 Å². The van der Waals surface area contributed by atoms with E-state index in [1.807, 2.05) is 36.4 Å². The predicted molar refractivity (Wildman–Crippen MR) is 61.7 cm³/mol. The molecule has 0 bridgehead atoms. The Labute approximate surface area is 95.3 Å². The number of ether oxygens (including phenoxy) is 1. The molecule has 84 valence electrons. The van der Waals surface area contributed by atoms with Gasteiger partial charge in [0.2, 0.25) is 0 Å². The van der Waals surface area contributed by atoms with Crippen molar-refractivity contribution in [3.8, 4) is 0 Å². The van der Waals surface area contributed by atoms with Gasteiger partial charge in [-0.3, -0.25) is 4.79 Å². The third-order valence-corrected chi connectivity index (χ3v) is 2.69. The van der Waals surface area contributed by atoms with E-state index >= 15 is 0 Å². The van der Waals surface area contributed by atoms with Gasteiger partial charge in [0.05, 0.1) is 12.6 Å². The maximum atomic E-state index is 11.1.